The molecule has 3 amide bonds. The molecule has 0 atom stereocenters. The predicted octanol–water partition coefficient (Wildman–Crippen LogP) is 0.222. The van der Waals surface area contributed by atoms with Crippen LogP contribution in [0, 0.1) is 0 Å². The van der Waals surface area contributed by atoms with Crippen LogP contribution in [0.5, 0.6) is 0 Å². The number of urea groups is 1. The first-order valence-corrected chi connectivity index (χ1v) is 5.27. The first kappa shape index (κ1) is 16.1. The third-order valence-electron chi connectivity index (χ3n) is 2.42. The van der Waals surface area contributed by atoms with Crippen molar-refractivity contribution >= 4 is 17.9 Å². The molecule has 7 nitrogen and oxygen atoms in total. The minimum absolute atomic E-state index is 0.00371. The van der Waals surface area contributed by atoms with Crippen molar-refractivity contribution in [3.8, 4) is 0 Å². The van der Waals surface area contributed by atoms with E-state index in [0.717, 1.165) is 0 Å². The van der Waals surface area contributed by atoms with Gasteiger partial charge in [-0.2, -0.15) is 0 Å². The van der Waals surface area contributed by atoms with Crippen LogP contribution in [0.25, 0.3) is 0 Å². The van der Waals surface area contributed by atoms with Gasteiger partial charge in [-0.3, -0.25) is 10.1 Å². The number of hydrogen-bond donors (Lipinski definition) is 2. The summed E-state index contributed by atoms with van der Waals surface area (Å²) in [6.45, 7) is 3.33. The van der Waals surface area contributed by atoms with Crippen molar-refractivity contribution in [1.29, 1.82) is 0 Å². The highest BCUT2D eigenvalue weighted by Crippen LogP contribution is 2.03. The zero-order valence-corrected chi connectivity index (χ0v) is 10.9. The van der Waals surface area contributed by atoms with E-state index in [1.807, 2.05) is 0 Å². The number of methoxy groups -OCH3 is 1. The van der Waals surface area contributed by atoms with Gasteiger partial charge >= 0.3 is 12.0 Å². The molecule has 0 aliphatic carbocycles. The third kappa shape index (κ3) is 4.96. The number of carbonyl (C=O) groups excluding carboxylic acids is 2. The van der Waals surface area contributed by atoms with Gasteiger partial charge in [-0.25, -0.2) is 9.59 Å². The number of aliphatic carboxylic acids is 1. The molecule has 0 radical (unpaired) electrons. The maximum atomic E-state index is 11.6. The number of imide groups is 1. The smallest absolute Gasteiger partial charge is 0.331 e. The summed E-state index contributed by atoms with van der Waals surface area (Å²) in [4.78, 5) is 35.0. The third-order valence-corrected chi connectivity index (χ3v) is 2.42. The van der Waals surface area contributed by atoms with Gasteiger partial charge in [0.2, 0.25) is 0 Å². The molecule has 0 bridgehead atoms. The average molecular weight is 258 g/mol. The molecular formula is C11H18N2O5. The highest BCUT2D eigenvalue weighted by molar-refractivity contribution is 6.07. The fourth-order valence-electron chi connectivity index (χ4n) is 0.947. The Kier molecular flexibility index (Phi) is 6.66. The Hall–Kier alpha value is -1.89. The lowest BCUT2D eigenvalue weighted by Gasteiger charge is -2.16. The van der Waals surface area contributed by atoms with Crippen LogP contribution in [-0.4, -0.2) is 55.2 Å². The normalized spacial score (nSPS) is 11.6. The summed E-state index contributed by atoms with van der Waals surface area (Å²) >= 11 is 0. The Morgan fingerprint density at radius 1 is 1.22 bits per heavy atom. The second kappa shape index (κ2) is 7.44. The molecule has 2 N–H and O–H groups in total. The van der Waals surface area contributed by atoms with E-state index in [2.05, 4.69) is 5.32 Å². The molecule has 102 valence electrons. The molecule has 0 saturated heterocycles. The first-order chi connectivity index (χ1) is 8.31. The number of hydrogen-bond acceptors (Lipinski definition) is 4. The summed E-state index contributed by atoms with van der Waals surface area (Å²) in [7, 11) is 3.00. The number of nitrogens with zero attached hydrogens (tertiary/aromatic N) is 1. The molecule has 0 saturated carbocycles. The van der Waals surface area contributed by atoms with Gasteiger partial charge in [-0.15, -0.1) is 0 Å². The average Bonchev–Trinajstić information content (AvgIpc) is 2.33. The van der Waals surface area contributed by atoms with Crippen molar-refractivity contribution in [3.63, 3.8) is 0 Å². The Bertz CT molecular complexity index is 376. The second-order valence-electron chi connectivity index (χ2n) is 3.73. The molecule has 0 unspecified atom stereocenters. The van der Waals surface area contributed by atoms with E-state index in [1.54, 1.807) is 0 Å². The van der Waals surface area contributed by atoms with Gasteiger partial charge in [0.15, 0.2) is 0 Å². The number of nitrogens with one attached hydrogen (secondary N) is 1. The molecule has 0 rings (SSSR count). The van der Waals surface area contributed by atoms with Gasteiger partial charge in [0.05, 0.1) is 6.61 Å². The molecule has 0 spiro atoms. The molecule has 0 heterocycles. The van der Waals surface area contributed by atoms with Gasteiger partial charge in [-0.05, 0) is 13.8 Å². The van der Waals surface area contributed by atoms with Gasteiger partial charge in [-0.1, -0.05) is 0 Å². The fourth-order valence-corrected chi connectivity index (χ4v) is 0.947. The number of rotatable bonds is 5. The van der Waals surface area contributed by atoms with E-state index in [0.29, 0.717) is 13.2 Å². The summed E-state index contributed by atoms with van der Waals surface area (Å²) < 4.78 is 4.79. The van der Waals surface area contributed by atoms with Crippen LogP contribution in [0.15, 0.2) is 11.1 Å². The highest BCUT2D eigenvalue weighted by atomic mass is 16.5. The van der Waals surface area contributed by atoms with Crippen LogP contribution in [0.4, 0.5) is 4.79 Å². The zero-order chi connectivity index (χ0) is 14.3. The fraction of sp³-hybridized carbons (Fsp3) is 0.545. The van der Waals surface area contributed by atoms with Crippen molar-refractivity contribution in [2.75, 3.05) is 27.3 Å². The van der Waals surface area contributed by atoms with Crippen molar-refractivity contribution in [1.82, 2.24) is 10.2 Å². The van der Waals surface area contributed by atoms with Crippen molar-refractivity contribution in [2.24, 2.45) is 0 Å². The number of carboxylic acid groups (broad SMARTS) is 1. The molecule has 0 aliphatic heterocycles. The first-order valence-electron chi connectivity index (χ1n) is 5.27. The highest BCUT2D eigenvalue weighted by Gasteiger charge is 2.17. The second-order valence-corrected chi connectivity index (χ2v) is 3.73. The molecule has 0 aromatic carbocycles. The molecule has 0 fully saturated rings. The largest absolute Gasteiger partial charge is 0.478 e. The number of carboxylic acids is 1. The molecule has 7 heteroatoms. The lowest BCUT2D eigenvalue weighted by atomic mass is 10.1. The monoisotopic (exact) mass is 258 g/mol. The summed E-state index contributed by atoms with van der Waals surface area (Å²) in [6, 6.07) is -0.602. The van der Waals surface area contributed by atoms with Crippen LogP contribution in [-0.2, 0) is 14.3 Å². The summed E-state index contributed by atoms with van der Waals surface area (Å²) in [5.74, 6) is -1.91. The molecule has 0 aromatic heterocycles. The van der Waals surface area contributed by atoms with E-state index in [4.69, 9.17) is 9.84 Å². The zero-order valence-electron chi connectivity index (χ0n) is 10.9. The van der Waals surface area contributed by atoms with E-state index < -0.39 is 17.9 Å². The standard InChI is InChI=1S/C11H18N2O5/c1-7(8(2)10(15)16)9(14)12-11(17)13(3)5-6-18-4/h5-6H2,1-4H3,(H,15,16)(H,12,14,17)/b8-7-. The van der Waals surface area contributed by atoms with Crippen LogP contribution < -0.4 is 5.32 Å². The Morgan fingerprint density at radius 3 is 2.22 bits per heavy atom. The Morgan fingerprint density at radius 2 is 1.78 bits per heavy atom. The van der Waals surface area contributed by atoms with Crippen LogP contribution in [0.2, 0.25) is 0 Å². The van der Waals surface area contributed by atoms with Gasteiger partial charge in [0, 0.05) is 31.8 Å². The molecule has 0 aromatic rings. The Balaban J connectivity index is 4.53. The van der Waals surface area contributed by atoms with E-state index in [1.165, 1.54) is 32.9 Å². The predicted molar refractivity (Wildman–Crippen MR) is 64.1 cm³/mol. The summed E-state index contributed by atoms with van der Waals surface area (Å²) in [5, 5.41) is 10.8. The van der Waals surface area contributed by atoms with E-state index in [-0.39, 0.29) is 11.1 Å². The van der Waals surface area contributed by atoms with Crippen molar-refractivity contribution in [2.45, 2.75) is 13.8 Å². The summed E-state index contributed by atoms with van der Waals surface area (Å²) in [6.07, 6.45) is 0. The van der Waals surface area contributed by atoms with E-state index >= 15 is 0 Å². The number of amides is 3. The summed E-state index contributed by atoms with van der Waals surface area (Å²) in [5.41, 5.74) is -0.101. The van der Waals surface area contributed by atoms with Crippen LogP contribution in [0.3, 0.4) is 0 Å². The number of carbonyl (C=O) groups is 3. The Labute approximate surface area is 105 Å². The minimum Gasteiger partial charge on any atom is -0.478 e. The topological polar surface area (TPSA) is 95.9 Å². The SMILES string of the molecule is COCCN(C)C(=O)NC(=O)/C(C)=C(/C)C(=O)O. The number of ether oxygens (including phenoxy) is 1. The van der Waals surface area contributed by atoms with Crippen LogP contribution >= 0.6 is 0 Å². The quantitative estimate of drug-likeness (QED) is 0.688. The minimum atomic E-state index is -1.19. The number of likely N-dealkylation sites (N-methyl/N-ethyl adjacent to an activating group) is 1. The van der Waals surface area contributed by atoms with Gasteiger partial charge in [0.25, 0.3) is 5.91 Å². The van der Waals surface area contributed by atoms with Crippen molar-refractivity contribution < 1.29 is 24.2 Å². The maximum absolute atomic E-state index is 11.6. The van der Waals surface area contributed by atoms with E-state index in [9.17, 15) is 14.4 Å². The lowest BCUT2D eigenvalue weighted by Crippen LogP contribution is -2.42. The van der Waals surface area contributed by atoms with Gasteiger partial charge in [0.1, 0.15) is 0 Å². The van der Waals surface area contributed by atoms with Crippen LogP contribution in [0.1, 0.15) is 13.8 Å². The molecule has 18 heavy (non-hydrogen) atoms. The van der Waals surface area contributed by atoms with Gasteiger partial charge < -0.3 is 14.7 Å². The van der Waals surface area contributed by atoms with Crippen molar-refractivity contribution in [3.05, 3.63) is 11.1 Å². The maximum Gasteiger partial charge on any atom is 0.331 e. The molecule has 0 aliphatic rings. The molecular weight excluding hydrogens is 240 g/mol. The lowest BCUT2D eigenvalue weighted by molar-refractivity contribution is -0.133.